The van der Waals surface area contributed by atoms with Crippen LogP contribution in [-0.2, 0) is 45.8 Å². The molecule has 0 radical (unpaired) electrons. The van der Waals surface area contributed by atoms with Crippen LogP contribution in [0.1, 0.15) is 42.0 Å². The number of nitrogens with zero attached hydrogens (tertiary/aromatic N) is 2. The lowest BCUT2D eigenvalue weighted by Crippen LogP contribution is -2.67. The number of hydrogen-bond acceptors (Lipinski definition) is 16. The molecule has 3 aliphatic heterocycles. The van der Waals surface area contributed by atoms with Crippen LogP contribution in [0.5, 0.6) is 23.0 Å². The van der Waals surface area contributed by atoms with Gasteiger partial charge in [-0.2, -0.15) is 4.48 Å². The number of methoxy groups -OCH3 is 4. The highest BCUT2D eigenvalue weighted by Crippen LogP contribution is 2.49. The molecule has 3 N–H and O–H groups in total. The van der Waals surface area contributed by atoms with Crippen LogP contribution in [0.15, 0.2) is 138 Å². The number of benzene rings is 5. The number of quaternary nitrogens is 1. The largest absolute Gasteiger partial charge is 0.497 e. The molecule has 8 rings (SSSR count). The molecule has 0 aromatic heterocycles. The summed E-state index contributed by atoms with van der Waals surface area (Å²) in [6, 6.07) is 31.7. The first-order valence-corrected chi connectivity index (χ1v) is 23.9. The van der Waals surface area contributed by atoms with Crippen LogP contribution in [0.2, 0.25) is 0 Å². The highest BCUT2D eigenvalue weighted by atomic mass is 32.2. The molecule has 1 unspecified atom stereocenters. The number of carbonyl (C=O) groups is 2. The quantitative estimate of drug-likeness (QED) is 0.0379. The average molecular weight is 997 g/mol. The van der Waals surface area contributed by atoms with Crippen molar-refractivity contribution in [2.24, 2.45) is 0 Å². The van der Waals surface area contributed by atoms with Gasteiger partial charge in [-0.25, -0.2) is 18.5 Å². The molecule has 20 heteroatoms. The van der Waals surface area contributed by atoms with E-state index in [0.717, 1.165) is 12.1 Å². The number of rotatable bonds is 19. The molecular formula is C51H54N3O16S+. The smallest absolute Gasteiger partial charge is 0.432 e. The fourth-order valence-electron chi connectivity index (χ4n) is 9.46. The third kappa shape index (κ3) is 9.24. The number of nitrogens with one attached hydrogen (secondary N) is 1. The highest BCUT2D eigenvalue weighted by Gasteiger charge is 2.68. The normalized spacial score (nSPS) is 24.5. The van der Waals surface area contributed by atoms with Gasteiger partial charge in [-0.3, -0.25) is 14.9 Å². The van der Waals surface area contributed by atoms with Gasteiger partial charge in [0.25, 0.3) is 11.6 Å². The maximum Gasteiger partial charge on any atom is 0.432 e. The van der Waals surface area contributed by atoms with Gasteiger partial charge in [-0.15, -0.1) is 0 Å². The number of aliphatic hydroxyl groups excluding tert-OH is 1. The standard InChI is InChI=1S/C51H53N3O16S/c1-32-28-54(49(57)52-48(32)56,46-26-41(55)43(69-46)30-67-29-33-15-20-39(65-4)25-42(33)66-5)47-27-50(58,71(61,62)44-14-10-9-13-40(44)53(59)60)45(70-47)31-68-51(34-11-7-6-8-12-34,35-16-21-37(63-2)22-17-35)36-18-23-38(64-3)24-19-36/h6-25,28,41,43,45-47,55,58H,26-27,29-31H2,1-5H3/p+1/t41-,43+,45+,46+,47+,50-,54?/m0/s1. The summed E-state index contributed by atoms with van der Waals surface area (Å²) in [7, 11) is 0.794. The van der Waals surface area contributed by atoms with E-state index in [1.807, 2.05) is 18.2 Å². The second-order valence-electron chi connectivity index (χ2n) is 17.2. The van der Waals surface area contributed by atoms with Gasteiger partial charge in [0, 0.05) is 17.7 Å². The van der Waals surface area contributed by atoms with Crippen molar-refractivity contribution in [1.29, 1.82) is 0 Å². The first-order valence-electron chi connectivity index (χ1n) is 22.5. The van der Waals surface area contributed by atoms with Crippen LogP contribution in [0.3, 0.4) is 0 Å². The summed E-state index contributed by atoms with van der Waals surface area (Å²) in [6.45, 7) is 0.529. The fraction of sp³-hybridized carbons (Fsp3) is 0.333. The van der Waals surface area contributed by atoms with E-state index in [1.165, 1.54) is 53.7 Å². The van der Waals surface area contributed by atoms with E-state index in [9.17, 15) is 29.9 Å². The zero-order valence-electron chi connectivity index (χ0n) is 39.5. The highest BCUT2D eigenvalue weighted by molar-refractivity contribution is 7.92. The summed E-state index contributed by atoms with van der Waals surface area (Å²) in [5, 5.41) is 39.4. The van der Waals surface area contributed by atoms with Crippen molar-refractivity contribution in [3.05, 3.63) is 165 Å². The molecule has 7 atom stereocenters. The number of sulfone groups is 1. The zero-order valence-corrected chi connectivity index (χ0v) is 40.3. The van der Waals surface area contributed by atoms with Gasteiger partial charge in [0.2, 0.25) is 27.2 Å². The Labute approximate surface area is 409 Å². The molecule has 3 amide bonds. The molecule has 3 aliphatic rings. The summed E-state index contributed by atoms with van der Waals surface area (Å²) in [4.78, 5) is 35.4. The molecule has 374 valence electrons. The number of ether oxygens (including phenoxy) is 8. The minimum absolute atomic E-state index is 0.00416. The van der Waals surface area contributed by atoms with Crippen LogP contribution >= 0.6 is 0 Å². The number of nitro benzene ring substituents is 1. The zero-order chi connectivity index (χ0) is 50.7. The second-order valence-corrected chi connectivity index (χ2v) is 19.4. The molecule has 3 heterocycles. The van der Waals surface area contributed by atoms with Crippen LogP contribution < -0.4 is 24.3 Å². The van der Waals surface area contributed by atoms with Crippen molar-refractivity contribution >= 4 is 27.5 Å². The van der Waals surface area contributed by atoms with Crippen LogP contribution in [0.25, 0.3) is 0 Å². The van der Waals surface area contributed by atoms with E-state index in [4.69, 9.17) is 37.9 Å². The predicted molar refractivity (Wildman–Crippen MR) is 253 cm³/mol. The topological polar surface area (TPSA) is 238 Å². The lowest BCUT2D eigenvalue weighted by Gasteiger charge is -2.42. The molecule has 0 saturated carbocycles. The van der Waals surface area contributed by atoms with Crippen LogP contribution in [-0.4, -0.2) is 117 Å². The lowest BCUT2D eigenvalue weighted by atomic mass is 9.80. The van der Waals surface area contributed by atoms with Gasteiger partial charge >= 0.3 is 6.03 Å². The first kappa shape index (κ1) is 50.6. The summed E-state index contributed by atoms with van der Waals surface area (Å²) in [6.07, 6.45) is -7.25. The average Bonchev–Trinajstić information content (AvgIpc) is 3.95. The Balaban J connectivity index is 1.22. The lowest BCUT2D eigenvalue weighted by molar-refractivity contribution is -0.898. The number of aliphatic hydroxyl groups is 2. The van der Waals surface area contributed by atoms with E-state index in [-0.39, 0.29) is 25.2 Å². The Morgan fingerprint density at radius 1 is 0.789 bits per heavy atom. The monoisotopic (exact) mass is 996 g/mol. The Morgan fingerprint density at radius 3 is 1.99 bits per heavy atom. The van der Waals surface area contributed by atoms with Crippen LogP contribution in [0.4, 0.5) is 10.5 Å². The first-order chi connectivity index (χ1) is 34.1. The molecule has 2 fully saturated rings. The van der Waals surface area contributed by atoms with Crippen molar-refractivity contribution in [3.63, 3.8) is 0 Å². The maximum absolute atomic E-state index is 15.2. The van der Waals surface area contributed by atoms with Crippen molar-refractivity contribution in [2.75, 3.05) is 41.7 Å². The maximum atomic E-state index is 15.2. The Bertz CT molecular complexity index is 2850. The van der Waals surface area contributed by atoms with Gasteiger partial charge in [0.1, 0.15) is 51.9 Å². The van der Waals surface area contributed by atoms with E-state index in [1.54, 1.807) is 78.9 Å². The van der Waals surface area contributed by atoms with E-state index >= 15 is 8.42 Å². The number of carbonyl (C=O) groups excluding carboxylic acids is 2. The summed E-state index contributed by atoms with van der Waals surface area (Å²) in [5.74, 6) is 1.34. The number of amides is 3. The third-order valence-corrected chi connectivity index (χ3v) is 15.5. The van der Waals surface area contributed by atoms with Gasteiger partial charge in [0.15, 0.2) is 0 Å². The Kier molecular flexibility index (Phi) is 14.6. The van der Waals surface area contributed by atoms with Crippen molar-refractivity contribution < 1.29 is 75.5 Å². The number of para-hydroxylation sites is 1. The van der Waals surface area contributed by atoms with Crippen LogP contribution in [0, 0.1) is 10.1 Å². The minimum atomic E-state index is -5.26. The molecular weight excluding hydrogens is 943 g/mol. The fourth-order valence-corrected chi connectivity index (χ4v) is 11.3. The molecule has 2 saturated heterocycles. The van der Waals surface area contributed by atoms with Gasteiger partial charge in [0.05, 0.1) is 77.7 Å². The second kappa shape index (κ2) is 20.5. The summed E-state index contributed by atoms with van der Waals surface area (Å²) >= 11 is 0. The van der Waals surface area contributed by atoms with Gasteiger partial charge in [-0.05, 0) is 66.1 Å². The molecule has 19 nitrogen and oxygen atoms in total. The number of imide groups is 1. The Hall–Kier alpha value is -6.75. The number of hydrogen-bond donors (Lipinski definition) is 3. The Morgan fingerprint density at radius 2 is 1.38 bits per heavy atom. The molecule has 71 heavy (non-hydrogen) atoms. The number of urea groups is 1. The SMILES string of the molecule is COc1ccc(C(OC[C@H]2O[C@@H]([N+]3([C@H]4C[C@H](O)[C@@H](COCc5ccc(OC)cc5OC)O4)C=C(C)C(=O)NC3=O)C[C@]2(O)S(=O)(=O)c2ccccc2[N+](=O)[O-])(c2ccccc2)c2ccc(OC)cc2)cc1. The number of nitro groups is 1. The molecule has 0 aliphatic carbocycles. The van der Waals surface area contributed by atoms with Crippen molar-refractivity contribution in [1.82, 2.24) is 5.32 Å². The van der Waals surface area contributed by atoms with E-state index < -0.39 is 96.1 Å². The predicted octanol–water partition coefficient (Wildman–Crippen LogP) is 5.88. The molecule has 0 bridgehead atoms. The summed E-state index contributed by atoms with van der Waals surface area (Å²) in [5.41, 5.74) is -0.103. The van der Waals surface area contributed by atoms with E-state index in [0.29, 0.717) is 45.3 Å². The van der Waals surface area contributed by atoms with Crippen molar-refractivity contribution in [2.45, 2.75) is 72.6 Å². The van der Waals surface area contributed by atoms with Gasteiger partial charge < -0.3 is 48.1 Å². The van der Waals surface area contributed by atoms with Crippen molar-refractivity contribution in [3.8, 4) is 23.0 Å². The minimum Gasteiger partial charge on any atom is -0.497 e. The molecule has 0 spiro atoms. The van der Waals surface area contributed by atoms with E-state index in [2.05, 4.69) is 5.32 Å². The van der Waals surface area contributed by atoms with Gasteiger partial charge in [-0.1, -0.05) is 66.7 Å². The summed E-state index contributed by atoms with van der Waals surface area (Å²) < 4.78 is 77.4. The molecule has 5 aromatic carbocycles. The molecule has 5 aromatic rings. The third-order valence-electron chi connectivity index (χ3n) is 13.3.